The first-order valence-corrected chi connectivity index (χ1v) is 5.91. The second-order valence-electron chi connectivity index (χ2n) is 4.15. The SMILES string of the molecule is O=C(O)c1cccc(C=NCc2ccccc2O)c1O. The maximum atomic E-state index is 10.9. The molecule has 0 fully saturated rings. The lowest BCUT2D eigenvalue weighted by atomic mass is 10.1. The highest BCUT2D eigenvalue weighted by Gasteiger charge is 2.11. The second kappa shape index (κ2) is 5.88. The number of rotatable bonds is 4. The summed E-state index contributed by atoms with van der Waals surface area (Å²) in [6.07, 6.45) is 1.38. The fraction of sp³-hybridized carbons (Fsp3) is 0.0667. The summed E-state index contributed by atoms with van der Waals surface area (Å²) in [5.74, 6) is -1.37. The smallest absolute Gasteiger partial charge is 0.339 e. The molecule has 5 nitrogen and oxygen atoms in total. The van der Waals surface area contributed by atoms with Gasteiger partial charge in [0, 0.05) is 17.3 Å². The second-order valence-corrected chi connectivity index (χ2v) is 4.15. The van der Waals surface area contributed by atoms with E-state index in [0.29, 0.717) is 11.1 Å². The van der Waals surface area contributed by atoms with E-state index in [1.807, 2.05) is 0 Å². The maximum absolute atomic E-state index is 10.9. The number of aromatic carboxylic acids is 1. The lowest BCUT2D eigenvalue weighted by molar-refractivity contribution is 0.0693. The standard InChI is InChI=1S/C15H13NO4/c17-13-7-2-1-4-10(13)8-16-9-11-5-3-6-12(14(11)18)15(19)20/h1-7,9,17-18H,8H2,(H,19,20). The van der Waals surface area contributed by atoms with Crippen molar-refractivity contribution in [2.75, 3.05) is 0 Å². The van der Waals surface area contributed by atoms with E-state index < -0.39 is 5.97 Å². The predicted molar refractivity (Wildman–Crippen MR) is 74.5 cm³/mol. The van der Waals surface area contributed by atoms with Crippen molar-refractivity contribution in [3.05, 3.63) is 59.2 Å². The van der Waals surface area contributed by atoms with Crippen LogP contribution in [0.1, 0.15) is 21.5 Å². The zero-order valence-corrected chi connectivity index (χ0v) is 10.5. The van der Waals surface area contributed by atoms with Crippen LogP contribution in [0, 0.1) is 0 Å². The van der Waals surface area contributed by atoms with Gasteiger partial charge in [0.15, 0.2) is 0 Å². The van der Waals surface area contributed by atoms with E-state index in [2.05, 4.69) is 4.99 Å². The third-order valence-electron chi connectivity index (χ3n) is 2.78. The van der Waals surface area contributed by atoms with Gasteiger partial charge < -0.3 is 15.3 Å². The number of carbonyl (C=O) groups is 1. The molecule has 0 unspecified atom stereocenters. The molecule has 0 bridgehead atoms. The van der Waals surface area contributed by atoms with E-state index >= 15 is 0 Å². The molecule has 0 amide bonds. The molecule has 0 heterocycles. The third-order valence-corrected chi connectivity index (χ3v) is 2.78. The number of hydrogen-bond donors (Lipinski definition) is 3. The number of carboxylic acid groups (broad SMARTS) is 1. The summed E-state index contributed by atoms with van der Waals surface area (Å²) in [5, 5.41) is 28.3. The quantitative estimate of drug-likeness (QED) is 0.745. The van der Waals surface area contributed by atoms with Crippen molar-refractivity contribution in [3.63, 3.8) is 0 Å². The Morgan fingerprint density at radius 1 is 1.10 bits per heavy atom. The van der Waals surface area contributed by atoms with Crippen LogP contribution in [0.3, 0.4) is 0 Å². The van der Waals surface area contributed by atoms with Gasteiger partial charge >= 0.3 is 5.97 Å². The van der Waals surface area contributed by atoms with Gasteiger partial charge in [0.1, 0.15) is 17.1 Å². The van der Waals surface area contributed by atoms with Gasteiger partial charge in [0.2, 0.25) is 0 Å². The Hall–Kier alpha value is -2.82. The number of para-hydroxylation sites is 2. The van der Waals surface area contributed by atoms with Crippen LogP contribution in [0.5, 0.6) is 11.5 Å². The van der Waals surface area contributed by atoms with Crippen LogP contribution in [0.25, 0.3) is 0 Å². The molecule has 0 aliphatic carbocycles. The largest absolute Gasteiger partial charge is 0.508 e. The Bertz CT molecular complexity index is 665. The van der Waals surface area contributed by atoms with Crippen molar-refractivity contribution >= 4 is 12.2 Å². The van der Waals surface area contributed by atoms with Gasteiger partial charge in [-0.05, 0) is 18.2 Å². The van der Waals surface area contributed by atoms with Crippen molar-refractivity contribution < 1.29 is 20.1 Å². The highest BCUT2D eigenvalue weighted by atomic mass is 16.4. The highest BCUT2D eigenvalue weighted by Crippen LogP contribution is 2.21. The molecular weight excluding hydrogens is 258 g/mol. The van der Waals surface area contributed by atoms with Gasteiger partial charge in [-0.25, -0.2) is 4.79 Å². The normalized spacial score (nSPS) is 10.8. The Labute approximate surface area is 115 Å². The van der Waals surface area contributed by atoms with Crippen LogP contribution in [-0.4, -0.2) is 27.5 Å². The molecule has 5 heteroatoms. The molecule has 0 atom stereocenters. The summed E-state index contributed by atoms with van der Waals surface area (Å²) in [6.45, 7) is 0.239. The van der Waals surface area contributed by atoms with Crippen molar-refractivity contribution in [3.8, 4) is 11.5 Å². The minimum Gasteiger partial charge on any atom is -0.508 e. The molecule has 0 aliphatic rings. The number of benzene rings is 2. The molecule has 2 rings (SSSR count). The van der Waals surface area contributed by atoms with E-state index in [9.17, 15) is 15.0 Å². The first-order chi connectivity index (χ1) is 9.59. The molecule has 0 aliphatic heterocycles. The van der Waals surface area contributed by atoms with Gasteiger partial charge in [-0.1, -0.05) is 24.3 Å². The molecule has 2 aromatic carbocycles. The monoisotopic (exact) mass is 271 g/mol. The Balaban J connectivity index is 2.19. The van der Waals surface area contributed by atoms with Crippen LogP contribution < -0.4 is 0 Å². The van der Waals surface area contributed by atoms with Crippen molar-refractivity contribution in [2.24, 2.45) is 4.99 Å². The molecule has 0 saturated heterocycles. The fourth-order valence-corrected chi connectivity index (χ4v) is 1.73. The molecule has 3 N–H and O–H groups in total. The molecule has 0 saturated carbocycles. The number of aromatic hydroxyl groups is 2. The summed E-state index contributed by atoms with van der Waals surface area (Å²) >= 11 is 0. The number of hydrogen-bond acceptors (Lipinski definition) is 4. The molecule has 102 valence electrons. The molecular formula is C15H13NO4. The summed E-state index contributed by atoms with van der Waals surface area (Å²) in [5.41, 5.74) is 0.800. The van der Waals surface area contributed by atoms with Crippen LogP contribution in [0.2, 0.25) is 0 Å². The number of phenols is 2. The average Bonchev–Trinajstić information content (AvgIpc) is 2.42. The zero-order valence-electron chi connectivity index (χ0n) is 10.5. The van der Waals surface area contributed by atoms with Gasteiger partial charge in [0.25, 0.3) is 0 Å². The van der Waals surface area contributed by atoms with Crippen molar-refractivity contribution in [1.29, 1.82) is 0 Å². The van der Waals surface area contributed by atoms with Gasteiger partial charge in [-0.3, -0.25) is 4.99 Å². The number of nitrogens with zero attached hydrogens (tertiary/aromatic N) is 1. The minimum absolute atomic E-state index is 0.146. The Morgan fingerprint density at radius 3 is 2.55 bits per heavy atom. The zero-order chi connectivity index (χ0) is 14.5. The van der Waals surface area contributed by atoms with Crippen LogP contribution in [0.4, 0.5) is 0 Å². The predicted octanol–water partition coefficient (Wildman–Crippen LogP) is 2.42. The highest BCUT2D eigenvalue weighted by molar-refractivity contribution is 5.95. The lowest BCUT2D eigenvalue weighted by Crippen LogP contribution is -1.98. The summed E-state index contributed by atoms with van der Waals surface area (Å²) in [4.78, 5) is 15.0. The third kappa shape index (κ3) is 2.95. The van der Waals surface area contributed by atoms with Gasteiger partial charge in [0.05, 0.1) is 6.54 Å². The Kier molecular flexibility index (Phi) is 4.00. The van der Waals surface area contributed by atoms with Crippen molar-refractivity contribution in [1.82, 2.24) is 0 Å². The maximum Gasteiger partial charge on any atom is 0.339 e. The summed E-state index contributed by atoms with van der Waals surface area (Å²) in [7, 11) is 0. The van der Waals surface area contributed by atoms with E-state index in [0.717, 1.165) is 0 Å². The minimum atomic E-state index is -1.20. The Morgan fingerprint density at radius 2 is 1.85 bits per heavy atom. The molecule has 0 spiro atoms. The van der Waals surface area contributed by atoms with Gasteiger partial charge in [-0.2, -0.15) is 0 Å². The molecule has 2 aromatic rings. The van der Waals surface area contributed by atoms with E-state index in [4.69, 9.17) is 5.11 Å². The van der Waals surface area contributed by atoms with Crippen LogP contribution in [-0.2, 0) is 6.54 Å². The van der Waals surface area contributed by atoms with Crippen molar-refractivity contribution in [2.45, 2.75) is 6.54 Å². The van der Waals surface area contributed by atoms with E-state index in [1.54, 1.807) is 30.3 Å². The summed E-state index contributed by atoms with van der Waals surface area (Å²) in [6, 6.07) is 11.2. The number of carboxylic acids is 1. The molecule has 20 heavy (non-hydrogen) atoms. The lowest BCUT2D eigenvalue weighted by Gasteiger charge is -2.03. The summed E-state index contributed by atoms with van der Waals surface area (Å²) < 4.78 is 0. The average molecular weight is 271 g/mol. The van der Waals surface area contributed by atoms with E-state index in [-0.39, 0.29) is 23.6 Å². The topological polar surface area (TPSA) is 90.1 Å². The van der Waals surface area contributed by atoms with E-state index in [1.165, 1.54) is 18.3 Å². The molecule has 0 radical (unpaired) electrons. The fourth-order valence-electron chi connectivity index (χ4n) is 1.73. The van der Waals surface area contributed by atoms with Crippen LogP contribution in [0.15, 0.2) is 47.5 Å². The van der Waals surface area contributed by atoms with Gasteiger partial charge in [-0.15, -0.1) is 0 Å². The number of phenolic OH excluding ortho intramolecular Hbond substituents is 1. The first kappa shape index (κ1) is 13.6. The molecule has 0 aromatic heterocycles. The number of aliphatic imine (C=N–C) groups is 1. The first-order valence-electron chi connectivity index (χ1n) is 5.91. The van der Waals surface area contributed by atoms with Crippen LogP contribution >= 0.6 is 0 Å².